The van der Waals surface area contributed by atoms with Crippen LogP contribution in [0.3, 0.4) is 0 Å². The topological polar surface area (TPSA) is 35.0 Å². The predicted molar refractivity (Wildman–Crippen MR) is 45.4 cm³/mol. The largest absolute Gasteiger partial charge is 0.344 e. The average molecular weight is 173 g/mol. The van der Waals surface area contributed by atoms with Gasteiger partial charge in [0.1, 0.15) is 0 Å². The minimum absolute atomic E-state index is 0. The first-order valence-electron chi connectivity index (χ1n) is 3.68. The van der Waals surface area contributed by atoms with Crippen LogP contribution in [0.5, 0.6) is 0 Å². The van der Waals surface area contributed by atoms with Gasteiger partial charge >= 0.3 is 0 Å². The summed E-state index contributed by atoms with van der Waals surface area (Å²) >= 11 is 0. The van der Waals surface area contributed by atoms with Gasteiger partial charge in [0.25, 0.3) is 0 Å². The molecule has 0 spiro atoms. The molecule has 0 atom stereocenters. The van der Waals surface area contributed by atoms with Gasteiger partial charge in [-0.3, -0.25) is 0 Å². The first-order valence-corrected chi connectivity index (χ1v) is 3.68. The Morgan fingerprint density at radius 1 is 1.17 bits per heavy atom. The van der Waals surface area contributed by atoms with Crippen LogP contribution in [0.4, 0.5) is 8.78 Å². The second-order valence-electron chi connectivity index (χ2n) is 2.50. The van der Waals surface area contributed by atoms with E-state index in [0.29, 0.717) is 0 Å². The molecule has 68 valence electrons. The summed E-state index contributed by atoms with van der Waals surface area (Å²) in [6, 6.07) is 4.03. The molecule has 0 radical (unpaired) electrons. The number of benzene rings is 1. The van der Waals surface area contributed by atoms with Gasteiger partial charge in [0, 0.05) is 0 Å². The molecule has 0 fully saturated rings. The molecule has 0 saturated carbocycles. The zero-order chi connectivity index (χ0) is 8.27. The summed E-state index contributed by atoms with van der Waals surface area (Å²) in [7, 11) is 0. The fraction of sp³-hybridized carbons (Fsp3) is 0.333. The van der Waals surface area contributed by atoms with Crippen molar-refractivity contribution in [3.63, 3.8) is 0 Å². The Morgan fingerprint density at radius 3 is 2.33 bits per heavy atom. The van der Waals surface area contributed by atoms with E-state index in [2.05, 4.69) is 0 Å². The van der Waals surface area contributed by atoms with Gasteiger partial charge in [0.15, 0.2) is 11.6 Å². The Labute approximate surface area is 71.0 Å². The van der Waals surface area contributed by atoms with Crippen LogP contribution in [-0.2, 0) is 6.42 Å². The molecule has 1 rings (SSSR count). The van der Waals surface area contributed by atoms with E-state index in [9.17, 15) is 8.78 Å². The number of halogens is 2. The highest BCUT2D eigenvalue weighted by molar-refractivity contribution is 5.17. The van der Waals surface area contributed by atoms with E-state index in [1.165, 1.54) is 12.1 Å². The second-order valence-corrected chi connectivity index (χ2v) is 2.50. The van der Waals surface area contributed by atoms with Gasteiger partial charge in [-0.25, -0.2) is 8.78 Å². The lowest BCUT2D eigenvalue weighted by Crippen LogP contribution is -1.88. The minimum Gasteiger partial charge on any atom is -0.344 e. The lowest BCUT2D eigenvalue weighted by molar-refractivity contribution is 0.507. The molecule has 0 aromatic heterocycles. The fourth-order valence-corrected chi connectivity index (χ4v) is 0.984. The van der Waals surface area contributed by atoms with E-state index < -0.39 is 11.6 Å². The van der Waals surface area contributed by atoms with Crippen LogP contribution < -0.4 is 6.15 Å². The predicted octanol–water partition coefficient (Wildman–Crippen LogP) is 3.08. The molecule has 0 aliphatic heterocycles. The summed E-state index contributed by atoms with van der Waals surface area (Å²) in [4.78, 5) is 0. The summed E-state index contributed by atoms with van der Waals surface area (Å²) < 4.78 is 24.9. The zero-order valence-corrected chi connectivity index (χ0v) is 7.11. The quantitative estimate of drug-likeness (QED) is 0.732. The highest BCUT2D eigenvalue weighted by atomic mass is 19.2. The summed E-state index contributed by atoms with van der Waals surface area (Å²) in [5, 5.41) is 0. The Hall–Kier alpha value is -0.960. The highest BCUT2D eigenvalue weighted by Gasteiger charge is 2.00. The van der Waals surface area contributed by atoms with Crippen LogP contribution in [0.2, 0.25) is 0 Å². The Morgan fingerprint density at radius 2 is 1.83 bits per heavy atom. The Kier molecular flexibility index (Phi) is 4.44. The van der Waals surface area contributed by atoms with Gasteiger partial charge in [-0.15, -0.1) is 0 Å². The van der Waals surface area contributed by atoms with E-state index in [-0.39, 0.29) is 6.15 Å². The summed E-state index contributed by atoms with van der Waals surface area (Å²) in [6.07, 6.45) is 1.75. The van der Waals surface area contributed by atoms with Crippen LogP contribution in [0.15, 0.2) is 18.2 Å². The minimum atomic E-state index is -0.773. The summed E-state index contributed by atoms with van der Waals surface area (Å²) in [5.41, 5.74) is 0.853. The maximum atomic E-state index is 12.5. The Balaban J connectivity index is 0.00000121. The van der Waals surface area contributed by atoms with Gasteiger partial charge in [0.2, 0.25) is 0 Å². The molecule has 1 aromatic rings. The van der Waals surface area contributed by atoms with Crippen molar-refractivity contribution in [3.8, 4) is 0 Å². The van der Waals surface area contributed by atoms with E-state index in [0.717, 1.165) is 18.4 Å². The standard InChI is InChI=1S/C9H10F2.H3N/c1-2-3-7-4-5-8(10)9(11)6-7;/h4-6H,2-3H2,1H3;1H3. The van der Waals surface area contributed by atoms with E-state index >= 15 is 0 Å². The number of rotatable bonds is 2. The molecule has 0 bridgehead atoms. The maximum absolute atomic E-state index is 12.5. The molecule has 0 aliphatic carbocycles. The smallest absolute Gasteiger partial charge is 0.159 e. The third kappa shape index (κ3) is 2.58. The lowest BCUT2D eigenvalue weighted by atomic mass is 10.1. The van der Waals surface area contributed by atoms with Crippen molar-refractivity contribution in [1.82, 2.24) is 6.15 Å². The number of hydrogen-bond donors (Lipinski definition) is 1. The van der Waals surface area contributed by atoms with Crippen LogP contribution in [0.25, 0.3) is 0 Å². The van der Waals surface area contributed by atoms with Crippen molar-refractivity contribution in [2.45, 2.75) is 19.8 Å². The van der Waals surface area contributed by atoms with E-state index in [4.69, 9.17) is 0 Å². The molecule has 0 saturated heterocycles. The van der Waals surface area contributed by atoms with Gasteiger partial charge in [-0.05, 0) is 24.1 Å². The third-order valence-corrected chi connectivity index (χ3v) is 1.52. The first kappa shape index (κ1) is 11.0. The van der Waals surface area contributed by atoms with Gasteiger partial charge in [0.05, 0.1) is 0 Å². The highest BCUT2D eigenvalue weighted by Crippen LogP contribution is 2.09. The molecule has 1 aromatic carbocycles. The summed E-state index contributed by atoms with van der Waals surface area (Å²) in [5.74, 6) is -1.53. The number of hydrogen-bond acceptors (Lipinski definition) is 1. The monoisotopic (exact) mass is 173 g/mol. The van der Waals surface area contributed by atoms with E-state index in [1.807, 2.05) is 6.92 Å². The fourth-order valence-electron chi connectivity index (χ4n) is 0.984. The lowest BCUT2D eigenvalue weighted by Gasteiger charge is -1.98. The molecule has 0 heterocycles. The third-order valence-electron chi connectivity index (χ3n) is 1.52. The molecular formula is C9H13F2N. The van der Waals surface area contributed by atoms with Crippen LogP contribution in [-0.4, -0.2) is 0 Å². The van der Waals surface area contributed by atoms with Crippen LogP contribution in [0.1, 0.15) is 18.9 Å². The van der Waals surface area contributed by atoms with Gasteiger partial charge in [-0.1, -0.05) is 19.4 Å². The molecular weight excluding hydrogens is 160 g/mol. The molecule has 3 N–H and O–H groups in total. The molecule has 12 heavy (non-hydrogen) atoms. The van der Waals surface area contributed by atoms with Crippen molar-refractivity contribution < 1.29 is 8.78 Å². The molecule has 1 nitrogen and oxygen atoms in total. The SMILES string of the molecule is CCCc1ccc(F)c(F)c1.N. The maximum Gasteiger partial charge on any atom is 0.159 e. The Bertz CT molecular complexity index is 248. The van der Waals surface area contributed by atoms with Crippen molar-refractivity contribution in [2.24, 2.45) is 0 Å². The van der Waals surface area contributed by atoms with Crippen molar-refractivity contribution in [1.29, 1.82) is 0 Å². The first-order chi connectivity index (χ1) is 5.24. The molecule has 0 amide bonds. The van der Waals surface area contributed by atoms with Crippen LogP contribution >= 0.6 is 0 Å². The van der Waals surface area contributed by atoms with E-state index in [1.54, 1.807) is 6.07 Å². The molecule has 0 aliphatic rings. The van der Waals surface area contributed by atoms with Crippen molar-refractivity contribution in [3.05, 3.63) is 35.4 Å². The molecule has 3 heteroatoms. The normalized spacial score (nSPS) is 9.25. The average Bonchev–Trinajstić information content (AvgIpc) is 1.98. The van der Waals surface area contributed by atoms with Crippen molar-refractivity contribution in [2.75, 3.05) is 0 Å². The van der Waals surface area contributed by atoms with Crippen molar-refractivity contribution >= 4 is 0 Å². The zero-order valence-electron chi connectivity index (χ0n) is 7.11. The van der Waals surface area contributed by atoms with Crippen LogP contribution in [0, 0.1) is 11.6 Å². The molecule has 0 unspecified atom stereocenters. The van der Waals surface area contributed by atoms with Gasteiger partial charge < -0.3 is 6.15 Å². The number of aryl methyl sites for hydroxylation is 1. The van der Waals surface area contributed by atoms with Gasteiger partial charge in [-0.2, -0.15) is 0 Å². The summed E-state index contributed by atoms with van der Waals surface area (Å²) in [6.45, 7) is 2.00. The second kappa shape index (κ2) is 4.83.